The summed E-state index contributed by atoms with van der Waals surface area (Å²) in [6, 6.07) is 2.50. The SMILES string of the molecule is CC(C)NS(=O)(=O)c1ccc(Cl)c(N)c1Cl. The summed E-state index contributed by atoms with van der Waals surface area (Å²) in [5.74, 6) is 0. The first kappa shape index (κ1) is 13.6. The Labute approximate surface area is 105 Å². The van der Waals surface area contributed by atoms with Crippen molar-refractivity contribution in [1.29, 1.82) is 0 Å². The van der Waals surface area contributed by atoms with Crippen LogP contribution in [0, 0.1) is 0 Å². The number of benzene rings is 1. The number of halogens is 2. The minimum atomic E-state index is -3.65. The molecule has 7 heteroatoms. The van der Waals surface area contributed by atoms with Crippen molar-refractivity contribution in [3.8, 4) is 0 Å². The molecule has 1 aromatic rings. The highest BCUT2D eigenvalue weighted by Crippen LogP contribution is 2.32. The predicted octanol–water partition coefficient (Wildman–Crippen LogP) is 2.26. The molecule has 1 rings (SSSR count). The molecule has 3 N–H and O–H groups in total. The van der Waals surface area contributed by atoms with E-state index in [1.807, 2.05) is 0 Å². The Balaban J connectivity index is 3.30. The van der Waals surface area contributed by atoms with Gasteiger partial charge in [0.05, 0.1) is 15.7 Å². The molecule has 0 atom stereocenters. The number of sulfonamides is 1. The van der Waals surface area contributed by atoms with Gasteiger partial charge in [-0.15, -0.1) is 0 Å². The summed E-state index contributed by atoms with van der Waals surface area (Å²) in [7, 11) is -3.65. The lowest BCUT2D eigenvalue weighted by molar-refractivity contribution is 0.570. The lowest BCUT2D eigenvalue weighted by Crippen LogP contribution is -2.30. The Kier molecular flexibility index (Phi) is 4.07. The van der Waals surface area contributed by atoms with Gasteiger partial charge in [0.25, 0.3) is 0 Å². The maximum atomic E-state index is 11.8. The molecule has 16 heavy (non-hydrogen) atoms. The minimum absolute atomic E-state index is 0.0550. The van der Waals surface area contributed by atoms with Gasteiger partial charge in [0.2, 0.25) is 10.0 Å². The molecule has 0 aliphatic rings. The summed E-state index contributed by atoms with van der Waals surface area (Å²) in [6.45, 7) is 3.43. The van der Waals surface area contributed by atoms with Crippen LogP contribution in [0.2, 0.25) is 10.0 Å². The molecular weight excluding hydrogens is 271 g/mol. The van der Waals surface area contributed by atoms with Crippen LogP contribution < -0.4 is 10.5 Å². The third-order valence-corrected chi connectivity index (χ3v) is 4.32. The molecule has 0 unspecified atom stereocenters. The molecule has 0 amide bonds. The molecule has 0 radical (unpaired) electrons. The molecule has 0 aromatic heterocycles. The van der Waals surface area contributed by atoms with Crippen LogP contribution >= 0.6 is 23.2 Å². The van der Waals surface area contributed by atoms with Crippen molar-refractivity contribution in [2.75, 3.05) is 5.73 Å². The van der Waals surface area contributed by atoms with Gasteiger partial charge in [-0.2, -0.15) is 0 Å². The van der Waals surface area contributed by atoms with E-state index in [1.54, 1.807) is 13.8 Å². The van der Waals surface area contributed by atoms with Gasteiger partial charge in [0, 0.05) is 6.04 Å². The molecule has 90 valence electrons. The highest BCUT2D eigenvalue weighted by molar-refractivity contribution is 7.89. The fraction of sp³-hybridized carbons (Fsp3) is 0.333. The van der Waals surface area contributed by atoms with E-state index >= 15 is 0 Å². The Bertz CT molecular complexity index is 500. The summed E-state index contributed by atoms with van der Waals surface area (Å²) in [5.41, 5.74) is 5.62. The minimum Gasteiger partial charge on any atom is -0.396 e. The summed E-state index contributed by atoms with van der Waals surface area (Å²) in [6.07, 6.45) is 0. The van der Waals surface area contributed by atoms with Crippen LogP contribution in [0.1, 0.15) is 13.8 Å². The van der Waals surface area contributed by atoms with Crippen LogP contribution in [0.5, 0.6) is 0 Å². The van der Waals surface area contributed by atoms with Crippen LogP contribution in [-0.4, -0.2) is 14.5 Å². The summed E-state index contributed by atoms with van der Waals surface area (Å²) in [5, 5.41) is 0.175. The molecule has 0 saturated carbocycles. The molecule has 1 aromatic carbocycles. The lowest BCUT2D eigenvalue weighted by Gasteiger charge is -2.12. The van der Waals surface area contributed by atoms with E-state index < -0.39 is 10.0 Å². The zero-order chi connectivity index (χ0) is 12.5. The third-order valence-electron chi connectivity index (χ3n) is 1.77. The molecule has 0 heterocycles. The van der Waals surface area contributed by atoms with Gasteiger partial charge in [0.1, 0.15) is 4.90 Å². The highest BCUT2D eigenvalue weighted by Gasteiger charge is 2.21. The smallest absolute Gasteiger partial charge is 0.242 e. The van der Waals surface area contributed by atoms with Crippen molar-refractivity contribution >= 4 is 38.9 Å². The molecule has 0 spiro atoms. The molecular formula is C9H12Cl2N2O2S. The van der Waals surface area contributed by atoms with Crippen molar-refractivity contribution in [3.63, 3.8) is 0 Å². The zero-order valence-corrected chi connectivity index (χ0v) is 11.1. The molecule has 0 aliphatic carbocycles. The van der Waals surface area contributed by atoms with E-state index in [0.29, 0.717) is 0 Å². The van der Waals surface area contributed by atoms with E-state index in [4.69, 9.17) is 28.9 Å². The van der Waals surface area contributed by atoms with E-state index in [-0.39, 0.29) is 26.7 Å². The van der Waals surface area contributed by atoms with Gasteiger partial charge in [-0.3, -0.25) is 0 Å². The van der Waals surface area contributed by atoms with Crippen molar-refractivity contribution < 1.29 is 8.42 Å². The van der Waals surface area contributed by atoms with Crippen LogP contribution in [-0.2, 0) is 10.0 Å². The van der Waals surface area contributed by atoms with Crippen LogP contribution in [0.15, 0.2) is 17.0 Å². The van der Waals surface area contributed by atoms with Crippen molar-refractivity contribution in [2.24, 2.45) is 0 Å². The van der Waals surface area contributed by atoms with E-state index in [9.17, 15) is 8.42 Å². The Morgan fingerprint density at radius 3 is 2.38 bits per heavy atom. The number of anilines is 1. The first-order chi connectivity index (χ1) is 7.25. The van der Waals surface area contributed by atoms with Crippen molar-refractivity contribution in [3.05, 3.63) is 22.2 Å². The van der Waals surface area contributed by atoms with E-state index in [2.05, 4.69) is 4.72 Å². The van der Waals surface area contributed by atoms with E-state index in [1.165, 1.54) is 12.1 Å². The molecule has 4 nitrogen and oxygen atoms in total. The molecule has 0 saturated heterocycles. The normalized spacial score (nSPS) is 12.1. The average Bonchev–Trinajstić information content (AvgIpc) is 2.11. The Hall–Kier alpha value is -0.490. The Morgan fingerprint density at radius 1 is 1.31 bits per heavy atom. The largest absolute Gasteiger partial charge is 0.396 e. The summed E-state index contributed by atoms with van der Waals surface area (Å²) in [4.78, 5) is -0.0650. The monoisotopic (exact) mass is 282 g/mol. The van der Waals surface area contributed by atoms with Crippen molar-refractivity contribution in [1.82, 2.24) is 4.72 Å². The van der Waals surface area contributed by atoms with Crippen LogP contribution in [0.4, 0.5) is 5.69 Å². The maximum absolute atomic E-state index is 11.8. The summed E-state index contributed by atoms with van der Waals surface area (Å²) < 4.78 is 26.1. The maximum Gasteiger partial charge on any atom is 0.242 e. The predicted molar refractivity (Wildman–Crippen MR) is 66.3 cm³/mol. The number of hydrogen-bond donors (Lipinski definition) is 2. The number of nitrogens with one attached hydrogen (secondary N) is 1. The van der Waals surface area contributed by atoms with Gasteiger partial charge in [-0.25, -0.2) is 13.1 Å². The van der Waals surface area contributed by atoms with E-state index in [0.717, 1.165) is 0 Å². The van der Waals surface area contributed by atoms with Crippen LogP contribution in [0.25, 0.3) is 0 Å². The summed E-state index contributed by atoms with van der Waals surface area (Å²) >= 11 is 11.6. The second-order valence-corrected chi connectivity index (χ2v) is 6.02. The first-order valence-corrected chi connectivity index (χ1v) is 6.75. The second-order valence-electron chi connectivity index (χ2n) is 3.55. The fourth-order valence-electron chi connectivity index (χ4n) is 1.13. The number of hydrogen-bond acceptors (Lipinski definition) is 3. The topological polar surface area (TPSA) is 72.2 Å². The lowest BCUT2D eigenvalue weighted by atomic mass is 10.3. The molecule has 0 fully saturated rings. The Morgan fingerprint density at radius 2 is 1.88 bits per heavy atom. The molecule has 0 aliphatic heterocycles. The molecule has 0 bridgehead atoms. The number of rotatable bonds is 3. The quantitative estimate of drug-likeness (QED) is 0.836. The third kappa shape index (κ3) is 2.79. The highest BCUT2D eigenvalue weighted by atomic mass is 35.5. The van der Waals surface area contributed by atoms with Gasteiger partial charge < -0.3 is 5.73 Å². The number of nitrogens with two attached hydrogens (primary N) is 1. The number of nitrogen functional groups attached to an aromatic ring is 1. The van der Waals surface area contributed by atoms with Gasteiger partial charge in [-0.1, -0.05) is 23.2 Å². The first-order valence-electron chi connectivity index (χ1n) is 4.51. The second kappa shape index (κ2) is 4.79. The van der Waals surface area contributed by atoms with Crippen molar-refractivity contribution in [2.45, 2.75) is 24.8 Å². The fourth-order valence-corrected chi connectivity index (χ4v) is 3.15. The van der Waals surface area contributed by atoms with Crippen LogP contribution in [0.3, 0.4) is 0 Å². The van der Waals surface area contributed by atoms with Gasteiger partial charge >= 0.3 is 0 Å². The average molecular weight is 283 g/mol. The van der Waals surface area contributed by atoms with Gasteiger partial charge in [-0.05, 0) is 26.0 Å². The zero-order valence-electron chi connectivity index (χ0n) is 8.79. The van der Waals surface area contributed by atoms with Gasteiger partial charge in [0.15, 0.2) is 0 Å². The standard InChI is InChI=1S/C9H12Cl2N2O2S/c1-5(2)13-16(14,15)7-4-3-6(10)9(12)8(7)11/h3-5,13H,12H2,1-2H3.